The largest absolute Gasteiger partial charge is 0.468 e. The molecule has 1 aliphatic rings. The van der Waals surface area contributed by atoms with E-state index in [4.69, 9.17) is 4.74 Å². The summed E-state index contributed by atoms with van der Waals surface area (Å²) in [7, 11) is 1.26. The molecule has 0 radical (unpaired) electrons. The number of carbonyl (C=O) groups is 2. The van der Waals surface area contributed by atoms with Gasteiger partial charge >= 0.3 is 11.9 Å². The lowest BCUT2D eigenvalue weighted by Gasteiger charge is -2.22. The number of hydrogen-bond donors (Lipinski definition) is 1. The van der Waals surface area contributed by atoms with E-state index < -0.39 is 17.9 Å². The minimum absolute atomic E-state index is 0.405. The fourth-order valence-corrected chi connectivity index (χ4v) is 1.65. The molecule has 0 aromatic carbocycles. The molecule has 0 amide bonds. The second kappa shape index (κ2) is 6.48. The summed E-state index contributed by atoms with van der Waals surface area (Å²) in [5.41, 5.74) is 0. The van der Waals surface area contributed by atoms with E-state index in [-0.39, 0.29) is 0 Å². The summed E-state index contributed by atoms with van der Waals surface area (Å²) >= 11 is 0. The highest BCUT2D eigenvalue weighted by atomic mass is 16.5. The van der Waals surface area contributed by atoms with Crippen molar-refractivity contribution in [3.05, 3.63) is 0 Å². The third kappa shape index (κ3) is 3.81. The Labute approximate surface area is 95.5 Å². The lowest BCUT2D eigenvalue weighted by molar-refractivity contribution is -0.160. The number of rotatable bonds is 4. The predicted octanol–water partition coefficient (Wildman–Crippen LogP) is 0.338. The zero-order valence-corrected chi connectivity index (χ0v) is 9.82. The van der Waals surface area contributed by atoms with Gasteiger partial charge in [0.05, 0.1) is 13.7 Å². The van der Waals surface area contributed by atoms with Gasteiger partial charge in [-0.15, -0.1) is 0 Å². The predicted molar refractivity (Wildman–Crippen MR) is 57.7 cm³/mol. The zero-order valence-electron chi connectivity index (χ0n) is 9.82. The Morgan fingerprint density at radius 2 is 1.94 bits per heavy atom. The number of esters is 2. The maximum Gasteiger partial charge on any atom is 0.320 e. The van der Waals surface area contributed by atoms with Crippen LogP contribution in [0, 0.1) is 11.8 Å². The fourth-order valence-electron chi connectivity index (χ4n) is 1.65. The van der Waals surface area contributed by atoms with E-state index in [0.717, 1.165) is 25.9 Å². The van der Waals surface area contributed by atoms with E-state index in [1.807, 2.05) is 0 Å². The second-order valence-electron chi connectivity index (χ2n) is 4.07. The molecule has 1 unspecified atom stereocenters. The molecule has 0 aromatic rings. The van der Waals surface area contributed by atoms with E-state index >= 15 is 0 Å². The lowest BCUT2D eigenvalue weighted by atomic mass is 9.99. The van der Waals surface area contributed by atoms with Gasteiger partial charge in [-0.3, -0.25) is 9.59 Å². The summed E-state index contributed by atoms with van der Waals surface area (Å²) < 4.78 is 9.57. The van der Waals surface area contributed by atoms with Crippen molar-refractivity contribution in [3.8, 4) is 0 Å². The Bertz CT molecular complexity index is 248. The minimum Gasteiger partial charge on any atom is -0.468 e. The molecule has 16 heavy (non-hydrogen) atoms. The molecule has 0 aliphatic carbocycles. The van der Waals surface area contributed by atoms with Crippen molar-refractivity contribution >= 4 is 11.9 Å². The van der Waals surface area contributed by atoms with Gasteiger partial charge in [-0.05, 0) is 38.8 Å². The molecule has 5 heteroatoms. The Morgan fingerprint density at radius 1 is 1.31 bits per heavy atom. The molecule has 1 rings (SSSR count). The first-order chi connectivity index (χ1) is 7.65. The molecule has 0 aromatic heterocycles. The van der Waals surface area contributed by atoms with Crippen LogP contribution < -0.4 is 5.32 Å². The van der Waals surface area contributed by atoms with E-state index in [0.29, 0.717) is 12.5 Å². The van der Waals surface area contributed by atoms with Crippen molar-refractivity contribution in [2.24, 2.45) is 11.8 Å². The Morgan fingerprint density at radius 3 is 2.50 bits per heavy atom. The van der Waals surface area contributed by atoms with Crippen LogP contribution in [-0.4, -0.2) is 38.7 Å². The normalized spacial score (nSPS) is 18.9. The maximum atomic E-state index is 11.4. The average molecular weight is 229 g/mol. The van der Waals surface area contributed by atoms with Gasteiger partial charge in [-0.25, -0.2) is 0 Å². The van der Waals surface area contributed by atoms with Crippen LogP contribution in [0.1, 0.15) is 19.8 Å². The molecule has 1 N–H and O–H groups in total. The first kappa shape index (κ1) is 13.0. The van der Waals surface area contributed by atoms with E-state index in [9.17, 15) is 9.59 Å². The van der Waals surface area contributed by atoms with Crippen LogP contribution in [0.2, 0.25) is 0 Å². The standard InChI is InChI=1S/C11H19NO4/c1-8(10(13)15-2)11(14)16-7-9-3-5-12-6-4-9/h8-9,12H,3-7H2,1-2H3. The first-order valence-electron chi connectivity index (χ1n) is 5.60. The highest BCUT2D eigenvalue weighted by Gasteiger charge is 2.25. The monoisotopic (exact) mass is 229 g/mol. The molecule has 0 saturated carbocycles. The number of nitrogens with one attached hydrogen (secondary N) is 1. The summed E-state index contributed by atoms with van der Waals surface area (Å²) in [6.45, 7) is 3.84. The lowest BCUT2D eigenvalue weighted by Crippen LogP contribution is -2.32. The van der Waals surface area contributed by atoms with Gasteiger partial charge in [0.25, 0.3) is 0 Å². The van der Waals surface area contributed by atoms with Crippen LogP contribution in [0.25, 0.3) is 0 Å². The fraction of sp³-hybridized carbons (Fsp3) is 0.818. The molecule has 92 valence electrons. The van der Waals surface area contributed by atoms with Crippen LogP contribution in [0.15, 0.2) is 0 Å². The van der Waals surface area contributed by atoms with Gasteiger partial charge in [0.2, 0.25) is 0 Å². The number of hydrogen-bond acceptors (Lipinski definition) is 5. The van der Waals surface area contributed by atoms with Crippen LogP contribution in [0.3, 0.4) is 0 Å². The molecule has 5 nitrogen and oxygen atoms in total. The smallest absolute Gasteiger partial charge is 0.320 e. The van der Waals surface area contributed by atoms with E-state index in [1.54, 1.807) is 0 Å². The Balaban J connectivity index is 2.25. The molecular weight excluding hydrogens is 210 g/mol. The minimum atomic E-state index is -0.827. The number of carbonyl (C=O) groups excluding carboxylic acids is 2. The van der Waals surface area contributed by atoms with Gasteiger partial charge < -0.3 is 14.8 Å². The molecule has 1 atom stereocenters. The van der Waals surface area contributed by atoms with Crippen molar-refractivity contribution in [2.75, 3.05) is 26.8 Å². The van der Waals surface area contributed by atoms with Crippen molar-refractivity contribution in [1.82, 2.24) is 5.32 Å². The summed E-state index contributed by atoms with van der Waals surface area (Å²) in [4.78, 5) is 22.5. The summed E-state index contributed by atoms with van der Waals surface area (Å²) in [6.07, 6.45) is 2.03. The van der Waals surface area contributed by atoms with Gasteiger partial charge in [0, 0.05) is 0 Å². The van der Waals surface area contributed by atoms with Crippen LogP contribution in [0.5, 0.6) is 0 Å². The maximum absolute atomic E-state index is 11.4. The van der Waals surface area contributed by atoms with E-state index in [2.05, 4.69) is 10.1 Å². The van der Waals surface area contributed by atoms with Gasteiger partial charge in [0.1, 0.15) is 0 Å². The molecule has 1 aliphatic heterocycles. The SMILES string of the molecule is COC(=O)C(C)C(=O)OCC1CCNCC1. The first-order valence-corrected chi connectivity index (χ1v) is 5.60. The Kier molecular flexibility index (Phi) is 5.25. The van der Waals surface area contributed by atoms with Gasteiger partial charge in [-0.2, -0.15) is 0 Å². The van der Waals surface area contributed by atoms with Crippen molar-refractivity contribution in [2.45, 2.75) is 19.8 Å². The van der Waals surface area contributed by atoms with Crippen LogP contribution >= 0.6 is 0 Å². The average Bonchev–Trinajstić information content (AvgIpc) is 2.35. The van der Waals surface area contributed by atoms with Crippen LogP contribution in [0.4, 0.5) is 0 Å². The van der Waals surface area contributed by atoms with Gasteiger partial charge in [0.15, 0.2) is 5.92 Å². The third-order valence-corrected chi connectivity index (χ3v) is 2.83. The highest BCUT2D eigenvalue weighted by Crippen LogP contribution is 2.13. The van der Waals surface area contributed by atoms with Crippen molar-refractivity contribution < 1.29 is 19.1 Å². The number of piperidine rings is 1. The molecule has 0 bridgehead atoms. The summed E-state index contributed by atoms with van der Waals surface area (Å²) in [6, 6.07) is 0. The zero-order chi connectivity index (χ0) is 12.0. The number of ether oxygens (including phenoxy) is 2. The van der Waals surface area contributed by atoms with Crippen molar-refractivity contribution in [1.29, 1.82) is 0 Å². The molecule has 1 saturated heterocycles. The van der Waals surface area contributed by atoms with Gasteiger partial charge in [-0.1, -0.05) is 0 Å². The molecule has 1 fully saturated rings. The Hall–Kier alpha value is -1.10. The summed E-state index contributed by atoms with van der Waals surface area (Å²) in [5.74, 6) is -1.46. The highest BCUT2D eigenvalue weighted by molar-refractivity contribution is 5.94. The topological polar surface area (TPSA) is 64.6 Å². The number of methoxy groups -OCH3 is 1. The molecular formula is C11H19NO4. The second-order valence-corrected chi connectivity index (χ2v) is 4.07. The summed E-state index contributed by atoms with van der Waals surface area (Å²) in [5, 5.41) is 3.24. The van der Waals surface area contributed by atoms with Crippen LogP contribution in [-0.2, 0) is 19.1 Å². The third-order valence-electron chi connectivity index (χ3n) is 2.83. The molecule has 0 spiro atoms. The van der Waals surface area contributed by atoms with E-state index in [1.165, 1.54) is 14.0 Å². The van der Waals surface area contributed by atoms with Crippen molar-refractivity contribution in [3.63, 3.8) is 0 Å². The molecule has 1 heterocycles. The quantitative estimate of drug-likeness (QED) is 0.556.